The Balaban J connectivity index is 2.52. The molecule has 1 aromatic carbocycles. The lowest BCUT2D eigenvalue weighted by Crippen LogP contribution is -2.19. The summed E-state index contributed by atoms with van der Waals surface area (Å²) in [5.74, 6) is 0.970. The molecule has 3 heteroatoms. The molecule has 0 fully saturated rings. The lowest BCUT2D eigenvalue weighted by Gasteiger charge is -2.18. The molecule has 0 aliphatic rings. The zero-order valence-corrected chi connectivity index (χ0v) is 13.4. The van der Waals surface area contributed by atoms with Crippen molar-refractivity contribution in [1.29, 1.82) is 0 Å². The van der Waals surface area contributed by atoms with E-state index in [0.29, 0.717) is 19.3 Å². The van der Waals surface area contributed by atoms with Gasteiger partial charge in [0, 0.05) is 18.2 Å². The maximum absolute atomic E-state index is 5.90. The fourth-order valence-corrected chi connectivity index (χ4v) is 2.10. The Morgan fingerprint density at radius 1 is 1.15 bits per heavy atom. The highest BCUT2D eigenvalue weighted by Crippen LogP contribution is 2.26. The predicted octanol–water partition coefficient (Wildman–Crippen LogP) is 3.86. The third-order valence-corrected chi connectivity index (χ3v) is 3.27. The number of nitrogens with one attached hydrogen (secondary N) is 1. The van der Waals surface area contributed by atoms with Crippen molar-refractivity contribution in [2.24, 2.45) is 0 Å². The highest BCUT2D eigenvalue weighted by atomic mass is 16.5. The molecule has 1 rings (SSSR count). The van der Waals surface area contributed by atoms with Crippen molar-refractivity contribution in [2.75, 3.05) is 26.4 Å². The molecule has 0 aliphatic carbocycles. The van der Waals surface area contributed by atoms with Crippen molar-refractivity contribution < 1.29 is 9.47 Å². The first-order chi connectivity index (χ1) is 9.69. The van der Waals surface area contributed by atoms with Crippen molar-refractivity contribution in [3.05, 3.63) is 29.3 Å². The van der Waals surface area contributed by atoms with Gasteiger partial charge in [-0.3, -0.25) is 0 Å². The Kier molecular flexibility index (Phi) is 8.31. The van der Waals surface area contributed by atoms with Crippen molar-refractivity contribution in [1.82, 2.24) is 5.32 Å². The molecule has 1 unspecified atom stereocenters. The molecule has 114 valence electrons. The van der Waals surface area contributed by atoms with Crippen molar-refractivity contribution in [3.8, 4) is 5.75 Å². The number of rotatable bonds is 10. The Labute approximate surface area is 123 Å². The summed E-state index contributed by atoms with van der Waals surface area (Å²) >= 11 is 0. The van der Waals surface area contributed by atoms with Crippen LogP contribution in [0.15, 0.2) is 18.2 Å². The minimum atomic E-state index is 0.302. The Morgan fingerprint density at radius 3 is 2.65 bits per heavy atom. The molecule has 0 bridgehead atoms. The highest BCUT2D eigenvalue weighted by Gasteiger charge is 2.10. The number of unbranched alkanes of at least 4 members (excludes halogenated alkanes) is 1. The fourth-order valence-electron chi connectivity index (χ4n) is 2.10. The fraction of sp³-hybridized carbons (Fsp3) is 0.647. The highest BCUT2D eigenvalue weighted by molar-refractivity contribution is 5.39. The molecule has 1 N–H and O–H groups in total. The summed E-state index contributed by atoms with van der Waals surface area (Å²) in [6, 6.07) is 6.69. The summed E-state index contributed by atoms with van der Waals surface area (Å²) in [6.07, 6.45) is 2.29. The SMILES string of the molecule is CCCCOCCOc1cc(C)ccc1C(C)NCC. The summed E-state index contributed by atoms with van der Waals surface area (Å²) < 4.78 is 11.4. The van der Waals surface area contributed by atoms with Crippen LogP contribution in [0.25, 0.3) is 0 Å². The first kappa shape index (κ1) is 17.0. The van der Waals surface area contributed by atoms with E-state index in [-0.39, 0.29) is 0 Å². The monoisotopic (exact) mass is 279 g/mol. The van der Waals surface area contributed by atoms with Crippen LogP contribution in [0.2, 0.25) is 0 Å². The van der Waals surface area contributed by atoms with E-state index in [1.165, 1.54) is 17.5 Å². The summed E-state index contributed by atoms with van der Waals surface area (Å²) in [5.41, 5.74) is 2.44. The Bertz CT molecular complexity index is 379. The minimum absolute atomic E-state index is 0.302. The van der Waals surface area contributed by atoms with Gasteiger partial charge < -0.3 is 14.8 Å². The molecule has 0 heterocycles. The molecule has 0 amide bonds. The van der Waals surface area contributed by atoms with E-state index in [1.807, 2.05) is 0 Å². The Morgan fingerprint density at radius 2 is 1.95 bits per heavy atom. The molecule has 0 spiro atoms. The van der Waals surface area contributed by atoms with Crippen LogP contribution in [0, 0.1) is 6.92 Å². The van der Waals surface area contributed by atoms with Gasteiger partial charge in [-0.1, -0.05) is 32.4 Å². The van der Waals surface area contributed by atoms with Crippen LogP contribution >= 0.6 is 0 Å². The zero-order chi connectivity index (χ0) is 14.8. The number of benzene rings is 1. The quantitative estimate of drug-likeness (QED) is 0.660. The van der Waals surface area contributed by atoms with Crippen LogP contribution in [0.1, 0.15) is 50.8 Å². The van der Waals surface area contributed by atoms with Crippen LogP contribution in [0.5, 0.6) is 5.75 Å². The maximum Gasteiger partial charge on any atom is 0.124 e. The normalized spacial score (nSPS) is 12.4. The van der Waals surface area contributed by atoms with E-state index in [1.54, 1.807) is 0 Å². The molecule has 1 atom stereocenters. The minimum Gasteiger partial charge on any atom is -0.491 e. The lowest BCUT2D eigenvalue weighted by atomic mass is 10.0. The first-order valence-corrected chi connectivity index (χ1v) is 7.73. The number of aryl methyl sites for hydroxylation is 1. The van der Waals surface area contributed by atoms with Gasteiger partial charge in [0.25, 0.3) is 0 Å². The van der Waals surface area contributed by atoms with Crippen LogP contribution in [0.3, 0.4) is 0 Å². The molecule has 0 saturated heterocycles. The van der Waals surface area contributed by atoms with Crippen molar-refractivity contribution >= 4 is 0 Å². The number of hydrogen-bond donors (Lipinski definition) is 1. The van der Waals surface area contributed by atoms with E-state index in [4.69, 9.17) is 9.47 Å². The van der Waals surface area contributed by atoms with Gasteiger partial charge in [-0.25, -0.2) is 0 Å². The number of ether oxygens (including phenoxy) is 2. The van der Waals surface area contributed by atoms with Crippen LogP contribution < -0.4 is 10.1 Å². The van der Waals surface area contributed by atoms with E-state index in [9.17, 15) is 0 Å². The molecule has 0 radical (unpaired) electrons. The standard InChI is InChI=1S/C17H29NO2/c1-5-7-10-19-11-12-20-17-13-14(3)8-9-16(17)15(4)18-6-2/h8-9,13,15,18H,5-7,10-12H2,1-4H3. The van der Waals surface area contributed by atoms with Gasteiger partial charge in [0.05, 0.1) is 6.61 Å². The average molecular weight is 279 g/mol. The smallest absolute Gasteiger partial charge is 0.124 e. The topological polar surface area (TPSA) is 30.5 Å². The molecule has 20 heavy (non-hydrogen) atoms. The van der Waals surface area contributed by atoms with E-state index in [0.717, 1.165) is 25.3 Å². The molecule has 0 aliphatic heterocycles. The van der Waals surface area contributed by atoms with Gasteiger partial charge in [0.2, 0.25) is 0 Å². The molecule has 0 saturated carbocycles. The van der Waals surface area contributed by atoms with Crippen molar-refractivity contribution in [2.45, 2.75) is 46.6 Å². The first-order valence-electron chi connectivity index (χ1n) is 7.73. The van der Waals surface area contributed by atoms with Gasteiger partial charge in [-0.05, 0) is 38.4 Å². The van der Waals surface area contributed by atoms with E-state index >= 15 is 0 Å². The van der Waals surface area contributed by atoms with Crippen LogP contribution in [-0.2, 0) is 4.74 Å². The third kappa shape index (κ3) is 5.93. The summed E-state index contributed by atoms with van der Waals surface area (Å²) in [4.78, 5) is 0. The largest absolute Gasteiger partial charge is 0.491 e. The second-order valence-electron chi connectivity index (χ2n) is 5.14. The molecular formula is C17H29NO2. The summed E-state index contributed by atoms with van der Waals surface area (Å²) in [7, 11) is 0. The maximum atomic E-state index is 5.90. The Hall–Kier alpha value is -1.06. The van der Waals surface area contributed by atoms with Gasteiger partial charge >= 0.3 is 0 Å². The van der Waals surface area contributed by atoms with Gasteiger partial charge in [0.15, 0.2) is 0 Å². The lowest BCUT2D eigenvalue weighted by molar-refractivity contribution is 0.0975. The third-order valence-electron chi connectivity index (χ3n) is 3.27. The number of hydrogen-bond acceptors (Lipinski definition) is 3. The van der Waals surface area contributed by atoms with Gasteiger partial charge in [-0.2, -0.15) is 0 Å². The second kappa shape index (κ2) is 9.78. The predicted molar refractivity (Wildman–Crippen MR) is 84.5 cm³/mol. The summed E-state index contributed by atoms with van der Waals surface area (Å²) in [5, 5.41) is 3.43. The molecule has 1 aromatic rings. The van der Waals surface area contributed by atoms with E-state index in [2.05, 4.69) is 51.2 Å². The average Bonchev–Trinajstić information content (AvgIpc) is 2.43. The van der Waals surface area contributed by atoms with Crippen molar-refractivity contribution in [3.63, 3.8) is 0 Å². The summed E-state index contributed by atoms with van der Waals surface area (Å²) in [6.45, 7) is 11.6. The molecule has 3 nitrogen and oxygen atoms in total. The van der Waals surface area contributed by atoms with Crippen LogP contribution in [-0.4, -0.2) is 26.4 Å². The molecule has 0 aromatic heterocycles. The van der Waals surface area contributed by atoms with Crippen LogP contribution in [0.4, 0.5) is 0 Å². The second-order valence-corrected chi connectivity index (χ2v) is 5.14. The van der Waals surface area contributed by atoms with E-state index < -0.39 is 0 Å². The zero-order valence-electron chi connectivity index (χ0n) is 13.4. The van der Waals surface area contributed by atoms with Gasteiger partial charge in [-0.15, -0.1) is 0 Å². The van der Waals surface area contributed by atoms with Gasteiger partial charge in [0.1, 0.15) is 12.4 Å². The molecular weight excluding hydrogens is 250 g/mol.